The molecule has 0 saturated carbocycles. The Labute approximate surface area is 150 Å². The molecule has 0 unspecified atom stereocenters. The van der Waals surface area contributed by atoms with Gasteiger partial charge in [-0.1, -0.05) is 55.8 Å². The minimum atomic E-state index is -0.0886. The molecule has 0 amide bonds. The van der Waals surface area contributed by atoms with Gasteiger partial charge in [0.2, 0.25) is 0 Å². The lowest BCUT2D eigenvalue weighted by atomic mass is 9.78. The number of hydrogen-bond acceptors (Lipinski definition) is 2. The van der Waals surface area contributed by atoms with Gasteiger partial charge in [0.15, 0.2) is 0 Å². The zero-order valence-electron chi connectivity index (χ0n) is 15.2. The Balaban J connectivity index is 1.79. The molecule has 3 rings (SSSR count). The SMILES string of the molecule is COc1ccc(C(C)(C)c2ccc(Oc3ccc(C)cc3)cc2)cc1. The summed E-state index contributed by atoms with van der Waals surface area (Å²) in [4.78, 5) is 0. The van der Waals surface area contributed by atoms with Crippen LogP contribution in [0.25, 0.3) is 0 Å². The molecule has 25 heavy (non-hydrogen) atoms. The maximum absolute atomic E-state index is 5.92. The predicted octanol–water partition coefficient (Wildman–Crippen LogP) is 6.12. The third kappa shape index (κ3) is 3.85. The average Bonchev–Trinajstić information content (AvgIpc) is 2.64. The van der Waals surface area contributed by atoms with Crippen molar-refractivity contribution < 1.29 is 9.47 Å². The summed E-state index contributed by atoms with van der Waals surface area (Å²) in [7, 11) is 1.69. The van der Waals surface area contributed by atoms with E-state index in [2.05, 4.69) is 57.2 Å². The van der Waals surface area contributed by atoms with E-state index in [0.717, 1.165) is 17.2 Å². The monoisotopic (exact) mass is 332 g/mol. The van der Waals surface area contributed by atoms with Crippen LogP contribution in [0.2, 0.25) is 0 Å². The van der Waals surface area contributed by atoms with Crippen LogP contribution in [0.1, 0.15) is 30.5 Å². The first-order valence-corrected chi connectivity index (χ1v) is 8.48. The van der Waals surface area contributed by atoms with Gasteiger partial charge < -0.3 is 9.47 Å². The van der Waals surface area contributed by atoms with Gasteiger partial charge in [-0.2, -0.15) is 0 Å². The molecule has 0 radical (unpaired) electrons. The molecule has 0 aromatic heterocycles. The van der Waals surface area contributed by atoms with Crippen molar-refractivity contribution in [1.82, 2.24) is 0 Å². The molecule has 3 aromatic rings. The molecule has 0 bridgehead atoms. The quantitative estimate of drug-likeness (QED) is 0.560. The molecule has 0 aliphatic rings. The molecule has 128 valence electrons. The zero-order chi connectivity index (χ0) is 17.9. The van der Waals surface area contributed by atoms with E-state index in [-0.39, 0.29) is 5.41 Å². The highest BCUT2D eigenvalue weighted by Gasteiger charge is 2.23. The zero-order valence-corrected chi connectivity index (χ0v) is 15.2. The Hall–Kier alpha value is -2.74. The molecule has 2 nitrogen and oxygen atoms in total. The summed E-state index contributed by atoms with van der Waals surface area (Å²) in [6.07, 6.45) is 0. The normalized spacial score (nSPS) is 11.2. The Morgan fingerprint density at radius 2 is 1.00 bits per heavy atom. The number of ether oxygens (including phenoxy) is 2. The number of methoxy groups -OCH3 is 1. The van der Waals surface area contributed by atoms with E-state index in [1.807, 2.05) is 36.4 Å². The van der Waals surface area contributed by atoms with Crippen molar-refractivity contribution in [3.8, 4) is 17.2 Å². The first kappa shape index (κ1) is 17.1. The van der Waals surface area contributed by atoms with Gasteiger partial charge >= 0.3 is 0 Å². The van der Waals surface area contributed by atoms with Crippen LogP contribution in [-0.4, -0.2) is 7.11 Å². The Bertz CT molecular complexity index is 813. The maximum Gasteiger partial charge on any atom is 0.127 e. The van der Waals surface area contributed by atoms with Gasteiger partial charge in [-0.3, -0.25) is 0 Å². The number of aryl methyl sites for hydroxylation is 1. The minimum Gasteiger partial charge on any atom is -0.497 e. The Morgan fingerprint density at radius 3 is 1.44 bits per heavy atom. The fourth-order valence-corrected chi connectivity index (χ4v) is 2.86. The van der Waals surface area contributed by atoms with Crippen molar-refractivity contribution in [1.29, 1.82) is 0 Å². The predicted molar refractivity (Wildman–Crippen MR) is 103 cm³/mol. The van der Waals surface area contributed by atoms with Gasteiger partial charge in [-0.15, -0.1) is 0 Å². The van der Waals surface area contributed by atoms with Crippen molar-refractivity contribution in [2.24, 2.45) is 0 Å². The highest BCUT2D eigenvalue weighted by atomic mass is 16.5. The van der Waals surface area contributed by atoms with Crippen molar-refractivity contribution in [2.45, 2.75) is 26.2 Å². The molecule has 0 atom stereocenters. The summed E-state index contributed by atoms with van der Waals surface area (Å²) >= 11 is 0. The van der Waals surface area contributed by atoms with Crippen molar-refractivity contribution in [3.63, 3.8) is 0 Å². The van der Waals surface area contributed by atoms with Crippen LogP contribution in [0, 0.1) is 6.92 Å². The molecule has 0 spiro atoms. The number of hydrogen-bond donors (Lipinski definition) is 0. The number of rotatable bonds is 5. The summed E-state index contributed by atoms with van der Waals surface area (Å²) in [6.45, 7) is 6.52. The molecule has 0 aliphatic heterocycles. The number of benzene rings is 3. The van der Waals surface area contributed by atoms with E-state index in [1.54, 1.807) is 7.11 Å². The molecular weight excluding hydrogens is 308 g/mol. The molecular formula is C23H24O2. The van der Waals surface area contributed by atoms with Crippen LogP contribution in [0.5, 0.6) is 17.2 Å². The van der Waals surface area contributed by atoms with E-state index in [9.17, 15) is 0 Å². The second-order valence-corrected chi connectivity index (χ2v) is 6.79. The summed E-state index contributed by atoms with van der Waals surface area (Å²) in [5.41, 5.74) is 3.63. The molecule has 0 aliphatic carbocycles. The molecule has 3 aromatic carbocycles. The van der Waals surface area contributed by atoms with E-state index >= 15 is 0 Å². The molecule has 0 N–H and O–H groups in total. The van der Waals surface area contributed by atoms with Gasteiger partial charge in [0, 0.05) is 5.41 Å². The van der Waals surface area contributed by atoms with E-state index in [0.29, 0.717) is 0 Å². The first-order chi connectivity index (χ1) is 12.0. The fraction of sp³-hybridized carbons (Fsp3) is 0.217. The standard InChI is InChI=1S/C23H24O2/c1-17-5-11-21(12-6-17)25-22-15-9-19(10-16-22)23(2,3)18-7-13-20(24-4)14-8-18/h5-16H,1-4H3. The third-order valence-corrected chi connectivity index (χ3v) is 4.64. The lowest BCUT2D eigenvalue weighted by Crippen LogP contribution is -2.18. The third-order valence-electron chi connectivity index (χ3n) is 4.64. The second kappa shape index (κ2) is 7.02. The molecule has 0 fully saturated rings. The van der Waals surface area contributed by atoms with Crippen LogP contribution in [0.3, 0.4) is 0 Å². The van der Waals surface area contributed by atoms with E-state index in [4.69, 9.17) is 9.47 Å². The van der Waals surface area contributed by atoms with Gasteiger partial charge in [-0.25, -0.2) is 0 Å². The summed E-state index contributed by atoms with van der Waals surface area (Å²) < 4.78 is 11.2. The van der Waals surface area contributed by atoms with E-state index < -0.39 is 0 Å². The van der Waals surface area contributed by atoms with Gasteiger partial charge in [-0.05, 0) is 54.4 Å². The lowest BCUT2D eigenvalue weighted by molar-refractivity contribution is 0.414. The lowest BCUT2D eigenvalue weighted by Gasteiger charge is -2.26. The van der Waals surface area contributed by atoms with E-state index in [1.165, 1.54) is 16.7 Å². The summed E-state index contributed by atoms with van der Waals surface area (Å²) in [6, 6.07) is 24.7. The van der Waals surface area contributed by atoms with Gasteiger partial charge in [0.05, 0.1) is 7.11 Å². The Morgan fingerprint density at radius 1 is 0.600 bits per heavy atom. The topological polar surface area (TPSA) is 18.5 Å². The van der Waals surface area contributed by atoms with Crippen LogP contribution in [0.4, 0.5) is 0 Å². The van der Waals surface area contributed by atoms with Crippen molar-refractivity contribution >= 4 is 0 Å². The maximum atomic E-state index is 5.92. The largest absolute Gasteiger partial charge is 0.497 e. The van der Waals surface area contributed by atoms with Crippen LogP contribution in [-0.2, 0) is 5.41 Å². The van der Waals surface area contributed by atoms with Crippen molar-refractivity contribution in [2.75, 3.05) is 7.11 Å². The molecule has 0 heterocycles. The van der Waals surface area contributed by atoms with Gasteiger partial charge in [0.25, 0.3) is 0 Å². The minimum absolute atomic E-state index is 0.0886. The van der Waals surface area contributed by atoms with Crippen LogP contribution in [0.15, 0.2) is 72.8 Å². The average molecular weight is 332 g/mol. The van der Waals surface area contributed by atoms with Crippen molar-refractivity contribution in [3.05, 3.63) is 89.5 Å². The smallest absolute Gasteiger partial charge is 0.127 e. The Kier molecular flexibility index (Phi) is 4.80. The summed E-state index contributed by atoms with van der Waals surface area (Å²) in [5.74, 6) is 2.58. The van der Waals surface area contributed by atoms with Gasteiger partial charge in [0.1, 0.15) is 17.2 Å². The first-order valence-electron chi connectivity index (χ1n) is 8.48. The highest BCUT2D eigenvalue weighted by molar-refractivity contribution is 5.42. The van der Waals surface area contributed by atoms with Crippen LogP contribution >= 0.6 is 0 Å². The van der Waals surface area contributed by atoms with Crippen LogP contribution < -0.4 is 9.47 Å². The summed E-state index contributed by atoms with van der Waals surface area (Å²) in [5, 5.41) is 0. The second-order valence-electron chi connectivity index (χ2n) is 6.79. The molecule has 0 saturated heterocycles. The molecule has 2 heteroatoms. The fourth-order valence-electron chi connectivity index (χ4n) is 2.86. The highest BCUT2D eigenvalue weighted by Crippen LogP contribution is 2.34.